The van der Waals surface area contributed by atoms with Crippen LogP contribution in [0.15, 0.2) is 34.9 Å². The molecular formula is C15H15F2NO3. The second-order valence-corrected chi connectivity index (χ2v) is 4.77. The van der Waals surface area contributed by atoms with Crippen molar-refractivity contribution in [3.8, 4) is 0 Å². The Bertz CT molecular complexity index is 654. The number of carbonyl (C=O) groups is 1. The molecule has 4 nitrogen and oxygen atoms in total. The Morgan fingerprint density at radius 2 is 2.00 bits per heavy atom. The fourth-order valence-corrected chi connectivity index (χ4v) is 1.97. The van der Waals surface area contributed by atoms with Gasteiger partial charge in [0.15, 0.2) is 11.6 Å². The zero-order valence-corrected chi connectivity index (χ0v) is 11.6. The molecular weight excluding hydrogens is 280 g/mol. The molecule has 1 amide bonds. The fourth-order valence-electron chi connectivity index (χ4n) is 1.97. The van der Waals surface area contributed by atoms with Crippen molar-refractivity contribution in [2.75, 3.05) is 0 Å². The third-order valence-corrected chi connectivity index (χ3v) is 3.22. The average molecular weight is 295 g/mol. The van der Waals surface area contributed by atoms with Gasteiger partial charge in [-0.1, -0.05) is 6.07 Å². The third-order valence-electron chi connectivity index (χ3n) is 3.22. The van der Waals surface area contributed by atoms with Gasteiger partial charge in [-0.15, -0.1) is 0 Å². The summed E-state index contributed by atoms with van der Waals surface area (Å²) in [7, 11) is 0. The first kappa shape index (κ1) is 15.2. The Kier molecular flexibility index (Phi) is 4.37. The number of amides is 1. The summed E-state index contributed by atoms with van der Waals surface area (Å²) < 4.78 is 31.0. The Labute approximate surface area is 120 Å². The molecule has 1 aromatic carbocycles. The topological polar surface area (TPSA) is 62.5 Å². The van der Waals surface area contributed by atoms with Gasteiger partial charge in [0.25, 0.3) is 5.91 Å². The van der Waals surface area contributed by atoms with Crippen LogP contribution in [0.5, 0.6) is 0 Å². The number of halogens is 2. The van der Waals surface area contributed by atoms with Gasteiger partial charge in [-0.2, -0.15) is 0 Å². The second kappa shape index (κ2) is 6.05. The van der Waals surface area contributed by atoms with Crippen LogP contribution >= 0.6 is 0 Å². The zero-order valence-electron chi connectivity index (χ0n) is 11.6. The molecule has 6 heteroatoms. The smallest absolute Gasteiger partial charge is 0.255 e. The van der Waals surface area contributed by atoms with Gasteiger partial charge < -0.3 is 14.8 Å². The van der Waals surface area contributed by atoms with Crippen molar-refractivity contribution in [2.24, 2.45) is 0 Å². The van der Waals surface area contributed by atoms with Crippen molar-refractivity contribution in [3.63, 3.8) is 0 Å². The lowest BCUT2D eigenvalue weighted by atomic mass is 10.0. The number of carbonyl (C=O) groups excluding carboxylic acids is 1. The Hall–Kier alpha value is -2.21. The van der Waals surface area contributed by atoms with Gasteiger partial charge in [-0.05, 0) is 37.6 Å². The van der Waals surface area contributed by atoms with E-state index in [-0.39, 0.29) is 5.56 Å². The van der Waals surface area contributed by atoms with E-state index in [0.29, 0.717) is 11.3 Å². The van der Waals surface area contributed by atoms with Crippen LogP contribution in [0.25, 0.3) is 0 Å². The quantitative estimate of drug-likeness (QED) is 0.911. The van der Waals surface area contributed by atoms with Crippen molar-refractivity contribution in [1.29, 1.82) is 0 Å². The monoisotopic (exact) mass is 295 g/mol. The van der Waals surface area contributed by atoms with Crippen LogP contribution in [0.4, 0.5) is 8.78 Å². The first-order chi connectivity index (χ1) is 9.90. The lowest BCUT2D eigenvalue weighted by Crippen LogP contribution is -2.37. The van der Waals surface area contributed by atoms with Crippen LogP contribution in [0.3, 0.4) is 0 Å². The molecule has 0 radical (unpaired) electrons. The molecule has 2 aromatic rings. The fraction of sp³-hybridized carbons (Fsp3) is 0.267. The zero-order chi connectivity index (χ0) is 15.6. The average Bonchev–Trinajstić information content (AvgIpc) is 2.87. The van der Waals surface area contributed by atoms with E-state index in [9.17, 15) is 18.7 Å². The van der Waals surface area contributed by atoms with Crippen molar-refractivity contribution < 1.29 is 23.1 Å². The molecule has 0 saturated carbocycles. The van der Waals surface area contributed by atoms with E-state index in [1.807, 2.05) is 0 Å². The predicted octanol–water partition coefficient (Wildman–Crippen LogP) is 2.72. The van der Waals surface area contributed by atoms with Gasteiger partial charge in [-0.25, -0.2) is 8.78 Å². The molecule has 2 rings (SSSR count). The number of aliphatic hydroxyl groups is 1. The van der Waals surface area contributed by atoms with E-state index < -0.39 is 29.7 Å². The van der Waals surface area contributed by atoms with Crippen LogP contribution in [0, 0.1) is 18.6 Å². The predicted molar refractivity (Wildman–Crippen MR) is 71.7 cm³/mol. The molecule has 2 atom stereocenters. The largest absolute Gasteiger partial charge is 0.469 e. The highest BCUT2D eigenvalue weighted by atomic mass is 19.2. The van der Waals surface area contributed by atoms with Crippen LogP contribution in [-0.2, 0) is 0 Å². The van der Waals surface area contributed by atoms with Crippen molar-refractivity contribution in [3.05, 3.63) is 59.1 Å². The van der Waals surface area contributed by atoms with E-state index >= 15 is 0 Å². The maximum Gasteiger partial charge on any atom is 0.255 e. The summed E-state index contributed by atoms with van der Waals surface area (Å²) in [6, 6.07) is 3.95. The van der Waals surface area contributed by atoms with Gasteiger partial charge in [0.05, 0.1) is 24.0 Å². The molecule has 1 aromatic heterocycles. The Balaban J connectivity index is 2.09. The van der Waals surface area contributed by atoms with Crippen molar-refractivity contribution in [2.45, 2.75) is 26.0 Å². The summed E-state index contributed by atoms with van der Waals surface area (Å²) >= 11 is 0. The highest BCUT2D eigenvalue weighted by Crippen LogP contribution is 2.20. The minimum absolute atomic E-state index is 0.186. The van der Waals surface area contributed by atoms with Crippen molar-refractivity contribution in [1.82, 2.24) is 5.32 Å². The molecule has 2 unspecified atom stereocenters. The highest BCUT2D eigenvalue weighted by Gasteiger charge is 2.21. The first-order valence-corrected chi connectivity index (χ1v) is 6.38. The summed E-state index contributed by atoms with van der Waals surface area (Å²) in [4.78, 5) is 12.0. The maximum atomic E-state index is 13.2. The molecule has 0 aliphatic heterocycles. The summed E-state index contributed by atoms with van der Waals surface area (Å²) in [6.45, 7) is 3.21. The number of furan rings is 1. The van der Waals surface area contributed by atoms with E-state index in [1.54, 1.807) is 13.8 Å². The molecule has 0 fully saturated rings. The summed E-state index contributed by atoms with van der Waals surface area (Å²) in [6.07, 6.45) is 0.233. The molecule has 0 spiro atoms. The summed E-state index contributed by atoms with van der Waals surface area (Å²) in [5, 5.41) is 12.7. The van der Waals surface area contributed by atoms with Gasteiger partial charge >= 0.3 is 0 Å². The molecule has 21 heavy (non-hydrogen) atoms. The number of aliphatic hydroxyl groups excluding tert-OH is 1. The van der Waals surface area contributed by atoms with Gasteiger partial charge in [0.2, 0.25) is 0 Å². The first-order valence-electron chi connectivity index (χ1n) is 6.38. The number of hydrogen-bond acceptors (Lipinski definition) is 3. The van der Waals surface area contributed by atoms with Crippen LogP contribution < -0.4 is 5.32 Å². The van der Waals surface area contributed by atoms with Crippen LogP contribution in [0.2, 0.25) is 0 Å². The number of aryl methyl sites for hydroxylation is 1. The van der Waals surface area contributed by atoms with Gasteiger partial charge in [0, 0.05) is 0 Å². The normalized spacial score (nSPS) is 13.8. The van der Waals surface area contributed by atoms with Crippen LogP contribution in [-0.4, -0.2) is 17.1 Å². The standard InChI is InChI=1S/C15H15F2NO3/c1-8(18-15(20)11-5-6-21-9(11)2)14(19)10-3-4-12(16)13(17)7-10/h3-8,14,19H,1-2H3,(H,18,20). The molecule has 112 valence electrons. The van der Waals surface area contributed by atoms with Crippen molar-refractivity contribution >= 4 is 5.91 Å². The molecule has 2 N–H and O–H groups in total. The Morgan fingerprint density at radius 1 is 1.29 bits per heavy atom. The van der Waals surface area contributed by atoms with E-state index in [2.05, 4.69) is 5.32 Å². The Morgan fingerprint density at radius 3 is 2.57 bits per heavy atom. The van der Waals surface area contributed by atoms with Gasteiger partial charge in [-0.3, -0.25) is 4.79 Å². The minimum atomic E-state index is -1.16. The maximum absolute atomic E-state index is 13.2. The number of rotatable bonds is 4. The summed E-state index contributed by atoms with van der Waals surface area (Å²) in [5.74, 6) is -1.98. The third kappa shape index (κ3) is 3.28. The number of hydrogen-bond donors (Lipinski definition) is 2. The second-order valence-electron chi connectivity index (χ2n) is 4.77. The lowest BCUT2D eigenvalue weighted by Gasteiger charge is -2.20. The van der Waals surface area contributed by atoms with Crippen LogP contribution in [0.1, 0.15) is 34.7 Å². The van der Waals surface area contributed by atoms with E-state index in [1.165, 1.54) is 18.4 Å². The SMILES string of the molecule is Cc1occc1C(=O)NC(C)C(O)c1ccc(F)c(F)c1. The highest BCUT2D eigenvalue weighted by molar-refractivity contribution is 5.95. The molecule has 1 heterocycles. The number of nitrogens with one attached hydrogen (secondary N) is 1. The molecule has 0 bridgehead atoms. The minimum Gasteiger partial charge on any atom is -0.469 e. The number of benzene rings is 1. The molecule has 0 aliphatic carbocycles. The summed E-state index contributed by atoms with van der Waals surface area (Å²) in [5.41, 5.74) is 0.546. The molecule has 0 aliphatic rings. The van der Waals surface area contributed by atoms with E-state index in [4.69, 9.17) is 4.42 Å². The lowest BCUT2D eigenvalue weighted by molar-refractivity contribution is 0.0850. The van der Waals surface area contributed by atoms with Gasteiger partial charge in [0.1, 0.15) is 5.76 Å². The van der Waals surface area contributed by atoms with E-state index in [0.717, 1.165) is 12.1 Å². The molecule has 0 saturated heterocycles.